The zero-order valence-corrected chi connectivity index (χ0v) is 15.9. The van der Waals surface area contributed by atoms with Gasteiger partial charge in [0.05, 0.1) is 0 Å². The molecule has 1 heterocycles. The topological polar surface area (TPSA) is 28.2 Å². The largest absolute Gasteiger partial charge is 0.356 e. The molecule has 0 fully saturated rings. The Balaban J connectivity index is 3.03. The van der Waals surface area contributed by atoms with Crippen LogP contribution in [-0.2, 0) is 6.54 Å². The van der Waals surface area contributed by atoms with Crippen molar-refractivity contribution in [1.29, 1.82) is 0 Å². The Morgan fingerprint density at radius 3 is 2.14 bits per heavy atom. The van der Waals surface area contributed by atoms with E-state index < -0.39 is 0 Å². The van der Waals surface area contributed by atoms with Gasteiger partial charge in [-0.25, -0.2) is 4.98 Å². The number of hydrogen-bond donors (Lipinski definition) is 1. The molecule has 3 nitrogen and oxygen atoms in total. The van der Waals surface area contributed by atoms with Crippen LogP contribution in [0.25, 0.3) is 0 Å². The molecule has 0 aromatic carbocycles. The molecule has 1 aromatic rings. The van der Waals surface area contributed by atoms with E-state index in [1.165, 1.54) is 5.56 Å². The molecular weight excluding hydrogens is 326 g/mol. The zero-order valence-electron chi connectivity index (χ0n) is 14.3. The Morgan fingerprint density at radius 2 is 1.67 bits per heavy atom. The molecule has 0 aliphatic carbocycles. The van der Waals surface area contributed by atoms with E-state index in [9.17, 15) is 0 Å². The minimum atomic E-state index is 0.473. The Kier molecular flexibility index (Phi) is 7.67. The van der Waals surface area contributed by atoms with Crippen molar-refractivity contribution in [1.82, 2.24) is 10.3 Å². The first-order valence-electron chi connectivity index (χ1n) is 7.92. The molecule has 1 N–H and O–H groups in total. The number of rotatable bonds is 8. The summed E-state index contributed by atoms with van der Waals surface area (Å²) in [7, 11) is 0. The molecule has 1 rings (SSSR count). The maximum Gasteiger partial charge on any atom is 0.133 e. The first-order valence-corrected chi connectivity index (χ1v) is 8.71. The smallest absolute Gasteiger partial charge is 0.133 e. The maximum atomic E-state index is 4.70. The first-order chi connectivity index (χ1) is 9.79. The molecule has 0 saturated carbocycles. The summed E-state index contributed by atoms with van der Waals surface area (Å²) >= 11 is 3.55. The van der Waals surface area contributed by atoms with Crippen LogP contribution in [0.5, 0.6) is 0 Å². The molecule has 4 heteroatoms. The Hall–Kier alpha value is -0.610. The summed E-state index contributed by atoms with van der Waals surface area (Å²) in [6.45, 7) is 16.3. The van der Waals surface area contributed by atoms with Crippen LogP contribution in [0.3, 0.4) is 0 Å². The molecule has 0 saturated heterocycles. The van der Waals surface area contributed by atoms with Crippen molar-refractivity contribution in [2.45, 2.75) is 54.1 Å². The molecule has 0 spiro atoms. The van der Waals surface area contributed by atoms with Crippen LogP contribution in [0.15, 0.2) is 16.7 Å². The summed E-state index contributed by atoms with van der Waals surface area (Å²) in [6.07, 6.45) is 1.90. The fourth-order valence-corrected chi connectivity index (χ4v) is 2.71. The van der Waals surface area contributed by atoms with E-state index in [2.05, 4.69) is 73.8 Å². The van der Waals surface area contributed by atoms with Crippen molar-refractivity contribution in [3.8, 4) is 0 Å². The van der Waals surface area contributed by atoms with E-state index in [0.717, 1.165) is 29.9 Å². The fraction of sp³-hybridized carbons (Fsp3) is 0.706. The van der Waals surface area contributed by atoms with E-state index in [-0.39, 0.29) is 0 Å². The number of aromatic nitrogens is 1. The third-order valence-electron chi connectivity index (χ3n) is 3.08. The highest BCUT2D eigenvalue weighted by Gasteiger charge is 2.16. The van der Waals surface area contributed by atoms with Gasteiger partial charge in [-0.1, -0.05) is 41.5 Å². The molecule has 21 heavy (non-hydrogen) atoms. The quantitative estimate of drug-likeness (QED) is 0.745. The Bertz CT molecular complexity index is 420. The predicted octanol–water partition coefficient (Wildman–Crippen LogP) is 4.46. The summed E-state index contributed by atoms with van der Waals surface area (Å²) in [5.74, 6) is 2.37. The molecule has 0 atom stereocenters. The van der Waals surface area contributed by atoms with Gasteiger partial charge in [-0.15, -0.1) is 0 Å². The lowest BCUT2D eigenvalue weighted by atomic mass is 10.1. The second-order valence-corrected chi connectivity index (χ2v) is 7.78. The highest BCUT2D eigenvalue weighted by Crippen LogP contribution is 2.23. The van der Waals surface area contributed by atoms with E-state index in [1.54, 1.807) is 0 Å². The van der Waals surface area contributed by atoms with Gasteiger partial charge in [0.15, 0.2) is 0 Å². The van der Waals surface area contributed by atoms with Gasteiger partial charge >= 0.3 is 0 Å². The maximum absolute atomic E-state index is 4.70. The van der Waals surface area contributed by atoms with Gasteiger partial charge in [-0.3, -0.25) is 0 Å². The average molecular weight is 356 g/mol. The van der Waals surface area contributed by atoms with Crippen LogP contribution in [-0.4, -0.2) is 24.1 Å². The predicted molar refractivity (Wildman–Crippen MR) is 95.8 cm³/mol. The number of nitrogens with zero attached hydrogens (tertiary/aromatic N) is 2. The van der Waals surface area contributed by atoms with Crippen molar-refractivity contribution in [2.75, 3.05) is 18.0 Å². The van der Waals surface area contributed by atoms with Crippen molar-refractivity contribution >= 4 is 21.7 Å². The minimum absolute atomic E-state index is 0.473. The van der Waals surface area contributed by atoms with Gasteiger partial charge in [-0.2, -0.15) is 0 Å². The van der Waals surface area contributed by atoms with Crippen LogP contribution in [0.2, 0.25) is 0 Å². The van der Waals surface area contributed by atoms with Crippen LogP contribution < -0.4 is 10.2 Å². The van der Waals surface area contributed by atoms with Gasteiger partial charge in [0.1, 0.15) is 5.82 Å². The molecular formula is C17H30BrN3. The number of nitrogens with one attached hydrogen (secondary N) is 1. The van der Waals surface area contributed by atoms with Crippen molar-refractivity contribution in [3.63, 3.8) is 0 Å². The van der Waals surface area contributed by atoms with Crippen molar-refractivity contribution in [2.24, 2.45) is 11.8 Å². The Labute approximate surface area is 138 Å². The second-order valence-electron chi connectivity index (χ2n) is 6.86. The van der Waals surface area contributed by atoms with Crippen LogP contribution in [0, 0.1) is 11.8 Å². The van der Waals surface area contributed by atoms with E-state index in [4.69, 9.17) is 4.98 Å². The van der Waals surface area contributed by atoms with Gasteiger partial charge in [0.2, 0.25) is 0 Å². The standard InChI is InChI=1S/C17H30BrN3/c1-12(2)10-21(11-13(3)4)17-15(8-19-14(5)6)7-16(18)9-20-17/h7,9,12-14,19H,8,10-11H2,1-6H3. The normalized spacial score (nSPS) is 11.7. The fourth-order valence-electron chi connectivity index (χ4n) is 2.33. The van der Waals surface area contributed by atoms with E-state index >= 15 is 0 Å². The van der Waals surface area contributed by atoms with Gasteiger partial charge < -0.3 is 10.2 Å². The summed E-state index contributed by atoms with van der Waals surface area (Å²) in [5, 5.41) is 3.50. The van der Waals surface area contributed by atoms with Crippen molar-refractivity contribution < 1.29 is 0 Å². The van der Waals surface area contributed by atoms with Crippen LogP contribution in [0.4, 0.5) is 5.82 Å². The lowest BCUT2D eigenvalue weighted by Gasteiger charge is -2.29. The molecule has 0 aliphatic heterocycles. The van der Waals surface area contributed by atoms with E-state index in [1.807, 2.05) is 6.20 Å². The monoisotopic (exact) mass is 355 g/mol. The minimum Gasteiger partial charge on any atom is -0.356 e. The number of anilines is 1. The van der Waals surface area contributed by atoms with Gasteiger partial charge in [0.25, 0.3) is 0 Å². The molecule has 0 radical (unpaired) electrons. The number of pyridine rings is 1. The highest BCUT2D eigenvalue weighted by atomic mass is 79.9. The van der Waals surface area contributed by atoms with Gasteiger partial charge in [-0.05, 0) is 33.8 Å². The number of halogens is 1. The molecule has 0 bridgehead atoms. The molecule has 0 aliphatic rings. The second kappa shape index (κ2) is 8.74. The zero-order chi connectivity index (χ0) is 16.0. The third-order valence-corrected chi connectivity index (χ3v) is 3.51. The summed E-state index contributed by atoms with van der Waals surface area (Å²) in [4.78, 5) is 7.13. The SMILES string of the molecule is CC(C)CN(CC(C)C)c1ncc(Br)cc1CNC(C)C. The Morgan fingerprint density at radius 1 is 1.10 bits per heavy atom. The third kappa shape index (κ3) is 6.79. The summed E-state index contributed by atoms with van der Waals surface area (Å²) in [5.41, 5.74) is 1.26. The van der Waals surface area contributed by atoms with E-state index in [0.29, 0.717) is 17.9 Å². The molecule has 120 valence electrons. The molecule has 0 unspecified atom stereocenters. The molecule has 1 aromatic heterocycles. The van der Waals surface area contributed by atoms with Crippen molar-refractivity contribution in [3.05, 3.63) is 22.3 Å². The number of hydrogen-bond acceptors (Lipinski definition) is 3. The molecule has 0 amide bonds. The first kappa shape index (κ1) is 18.4. The lowest BCUT2D eigenvalue weighted by molar-refractivity contribution is 0.542. The van der Waals surface area contributed by atoms with Gasteiger partial charge in [0, 0.05) is 41.9 Å². The lowest BCUT2D eigenvalue weighted by Crippen LogP contribution is -2.33. The summed E-state index contributed by atoms with van der Waals surface area (Å²) in [6, 6.07) is 2.66. The highest BCUT2D eigenvalue weighted by molar-refractivity contribution is 9.10. The summed E-state index contributed by atoms with van der Waals surface area (Å²) < 4.78 is 1.04. The van der Waals surface area contributed by atoms with Crippen LogP contribution in [0.1, 0.15) is 47.1 Å². The average Bonchev–Trinajstić information content (AvgIpc) is 2.34. The van der Waals surface area contributed by atoms with Crippen LogP contribution >= 0.6 is 15.9 Å².